The van der Waals surface area contributed by atoms with Crippen molar-refractivity contribution < 1.29 is 19.1 Å². The predicted octanol–water partition coefficient (Wildman–Crippen LogP) is 5.62. The summed E-state index contributed by atoms with van der Waals surface area (Å²) in [5, 5.41) is 2.89. The van der Waals surface area contributed by atoms with E-state index in [2.05, 4.69) is 12.2 Å². The summed E-state index contributed by atoms with van der Waals surface area (Å²) in [5.74, 6) is 0.716. The summed E-state index contributed by atoms with van der Waals surface area (Å²) >= 11 is 1.46. The van der Waals surface area contributed by atoms with Gasteiger partial charge in [0, 0.05) is 32.8 Å². The van der Waals surface area contributed by atoms with Crippen LogP contribution in [0.4, 0.5) is 5.69 Å². The SMILES string of the molecule is CCCCSc1c(C(=O)Nc2ccc(OC)cc2)ccc2c1C(=O)c1ccccc1C2=O. The van der Waals surface area contributed by atoms with Gasteiger partial charge >= 0.3 is 0 Å². The van der Waals surface area contributed by atoms with Crippen molar-refractivity contribution in [3.63, 3.8) is 0 Å². The van der Waals surface area contributed by atoms with Crippen molar-refractivity contribution in [2.45, 2.75) is 24.7 Å². The highest BCUT2D eigenvalue weighted by Crippen LogP contribution is 2.37. The molecule has 6 heteroatoms. The third-order valence-electron chi connectivity index (χ3n) is 5.38. The molecule has 0 saturated carbocycles. The molecule has 4 rings (SSSR count). The van der Waals surface area contributed by atoms with Gasteiger partial charge in [-0.25, -0.2) is 0 Å². The Morgan fingerprint density at radius 3 is 2.25 bits per heavy atom. The Labute approximate surface area is 191 Å². The van der Waals surface area contributed by atoms with Crippen LogP contribution in [-0.4, -0.2) is 30.3 Å². The van der Waals surface area contributed by atoms with Crippen LogP contribution in [0.25, 0.3) is 0 Å². The van der Waals surface area contributed by atoms with Crippen LogP contribution < -0.4 is 10.1 Å². The van der Waals surface area contributed by atoms with Gasteiger partial charge in [-0.15, -0.1) is 11.8 Å². The van der Waals surface area contributed by atoms with Crippen molar-refractivity contribution in [2.24, 2.45) is 0 Å². The number of hydrogen-bond donors (Lipinski definition) is 1. The van der Waals surface area contributed by atoms with Gasteiger partial charge in [0.2, 0.25) is 0 Å². The minimum absolute atomic E-state index is 0.186. The van der Waals surface area contributed by atoms with Crippen molar-refractivity contribution in [3.8, 4) is 5.75 Å². The highest BCUT2D eigenvalue weighted by Gasteiger charge is 2.33. The molecule has 5 nitrogen and oxygen atoms in total. The number of thioether (sulfide) groups is 1. The lowest BCUT2D eigenvalue weighted by Gasteiger charge is -2.22. The van der Waals surface area contributed by atoms with Crippen LogP contribution in [0, 0.1) is 0 Å². The first-order valence-corrected chi connectivity index (χ1v) is 11.5. The van der Waals surface area contributed by atoms with Crippen LogP contribution in [0.1, 0.15) is 62.0 Å². The summed E-state index contributed by atoms with van der Waals surface area (Å²) in [6.07, 6.45) is 1.93. The van der Waals surface area contributed by atoms with E-state index in [1.165, 1.54) is 11.8 Å². The fourth-order valence-electron chi connectivity index (χ4n) is 3.68. The molecule has 0 bridgehead atoms. The molecule has 3 aromatic rings. The number of unbranched alkanes of at least 4 members (excludes halogenated alkanes) is 1. The Morgan fingerprint density at radius 2 is 1.59 bits per heavy atom. The average Bonchev–Trinajstić information content (AvgIpc) is 2.82. The highest BCUT2D eigenvalue weighted by atomic mass is 32.2. The molecule has 0 aromatic heterocycles. The van der Waals surface area contributed by atoms with Gasteiger partial charge in [0.1, 0.15) is 5.75 Å². The number of anilines is 1. The van der Waals surface area contributed by atoms with Crippen molar-refractivity contribution >= 4 is 34.9 Å². The van der Waals surface area contributed by atoms with E-state index in [1.54, 1.807) is 67.8 Å². The molecule has 0 aliphatic heterocycles. The lowest BCUT2D eigenvalue weighted by atomic mass is 9.83. The van der Waals surface area contributed by atoms with Crippen LogP contribution in [0.5, 0.6) is 5.75 Å². The smallest absolute Gasteiger partial charge is 0.256 e. The number of ether oxygens (including phenoxy) is 1. The number of benzene rings is 3. The molecular weight excluding hydrogens is 422 g/mol. The maximum Gasteiger partial charge on any atom is 0.256 e. The number of nitrogens with one attached hydrogen (secondary N) is 1. The van der Waals surface area contributed by atoms with Gasteiger partial charge in [-0.3, -0.25) is 14.4 Å². The summed E-state index contributed by atoms with van der Waals surface area (Å²) < 4.78 is 5.16. The molecule has 162 valence electrons. The second-order valence-corrected chi connectivity index (χ2v) is 8.56. The van der Waals surface area contributed by atoms with Crippen molar-refractivity contribution in [2.75, 3.05) is 18.2 Å². The zero-order valence-corrected chi connectivity index (χ0v) is 18.8. The number of rotatable bonds is 7. The maximum absolute atomic E-state index is 13.4. The topological polar surface area (TPSA) is 72.5 Å². The number of amides is 1. The second-order valence-electron chi connectivity index (χ2n) is 7.45. The molecular formula is C26H23NO4S. The lowest BCUT2D eigenvalue weighted by Crippen LogP contribution is -2.24. The molecule has 0 saturated heterocycles. The monoisotopic (exact) mass is 445 g/mol. The minimum atomic E-state index is -0.323. The highest BCUT2D eigenvalue weighted by molar-refractivity contribution is 7.99. The van der Waals surface area contributed by atoms with Crippen LogP contribution in [-0.2, 0) is 0 Å². The third-order valence-corrected chi connectivity index (χ3v) is 6.59. The van der Waals surface area contributed by atoms with Gasteiger partial charge in [-0.2, -0.15) is 0 Å². The van der Waals surface area contributed by atoms with Gasteiger partial charge in [0.25, 0.3) is 5.91 Å². The molecule has 0 atom stereocenters. The fraction of sp³-hybridized carbons (Fsp3) is 0.192. The van der Waals surface area contributed by atoms with Crippen LogP contribution in [0.2, 0.25) is 0 Å². The maximum atomic E-state index is 13.4. The molecule has 0 radical (unpaired) electrons. The Hall–Kier alpha value is -3.38. The zero-order chi connectivity index (χ0) is 22.7. The molecule has 32 heavy (non-hydrogen) atoms. The summed E-state index contributed by atoms with van der Waals surface area (Å²) in [4.78, 5) is 40.2. The number of hydrogen-bond acceptors (Lipinski definition) is 5. The van der Waals surface area contributed by atoms with E-state index < -0.39 is 0 Å². The normalized spacial score (nSPS) is 12.2. The number of fused-ring (bicyclic) bond motifs is 2. The average molecular weight is 446 g/mol. The third kappa shape index (κ3) is 4.06. The molecule has 1 amide bonds. The molecule has 0 unspecified atom stereocenters. The summed E-state index contributed by atoms with van der Waals surface area (Å²) in [5.41, 5.74) is 2.48. The molecule has 1 aliphatic rings. The minimum Gasteiger partial charge on any atom is -0.497 e. The number of ketones is 2. The largest absolute Gasteiger partial charge is 0.497 e. The van der Waals surface area contributed by atoms with Crippen LogP contribution >= 0.6 is 11.8 Å². The number of carbonyl (C=O) groups excluding carboxylic acids is 3. The summed E-state index contributed by atoms with van der Waals surface area (Å²) in [7, 11) is 1.58. The Bertz CT molecular complexity index is 1200. The van der Waals surface area contributed by atoms with Crippen molar-refractivity contribution in [1.82, 2.24) is 0 Å². The van der Waals surface area contributed by atoms with Crippen molar-refractivity contribution in [3.05, 3.63) is 88.5 Å². The molecule has 3 aromatic carbocycles. The first kappa shape index (κ1) is 21.8. The fourth-order valence-corrected chi connectivity index (χ4v) is 4.98. The standard InChI is InChI=1S/C26H23NO4S/c1-3-4-15-32-25-21(26(30)27-16-9-11-17(31-2)12-10-16)14-13-20-22(25)24(29)19-8-6-5-7-18(19)23(20)28/h5-14H,3-4,15H2,1-2H3,(H,27,30). The molecule has 0 spiro atoms. The van der Waals surface area contributed by atoms with E-state index in [4.69, 9.17) is 4.74 Å². The predicted molar refractivity (Wildman–Crippen MR) is 126 cm³/mol. The first-order valence-electron chi connectivity index (χ1n) is 10.5. The second kappa shape index (κ2) is 9.40. The van der Waals surface area contributed by atoms with Gasteiger partial charge in [-0.1, -0.05) is 37.6 Å². The molecule has 0 heterocycles. The Kier molecular flexibility index (Phi) is 6.42. The molecule has 1 N–H and O–H groups in total. The molecule has 0 fully saturated rings. The van der Waals surface area contributed by atoms with E-state index >= 15 is 0 Å². The van der Waals surface area contributed by atoms with Gasteiger partial charge < -0.3 is 10.1 Å². The summed E-state index contributed by atoms with van der Waals surface area (Å²) in [6.45, 7) is 2.09. The first-order chi connectivity index (χ1) is 15.5. The van der Waals surface area contributed by atoms with E-state index in [1.807, 2.05) is 0 Å². The zero-order valence-electron chi connectivity index (χ0n) is 17.9. The van der Waals surface area contributed by atoms with E-state index in [0.29, 0.717) is 44.1 Å². The molecule has 1 aliphatic carbocycles. The lowest BCUT2D eigenvalue weighted by molar-refractivity contribution is 0.0975. The summed E-state index contributed by atoms with van der Waals surface area (Å²) in [6, 6.07) is 17.1. The van der Waals surface area contributed by atoms with Gasteiger partial charge in [0.15, 0.2) is 11.6 Å². The van der Waals surface area contributed by atoms with E-state index in [-0.39, 0.29) is 17.5 Å². The van der Waals surface area contributed by atoms with Crippen LogP contribution in [0.3, 0.4) is 0 Å². The van der Waals surface area contributed by atoms with Gasteiger partial charge in [-0.05, 0) is 48.6 Å². The van der Waals surface area contributed by atoms with Gasteiger partial charge in [0.05, 0.1) is 12.7 Å². The Morgan fingerprint density at radius 1 is 0.906 bits per heavy atom. The van der Waals surface area contributed by atoms with Crippen LogP contribution in [0.15, 0.2) is 65.6 Å². The van der Waals surface area contributed by atoms with E-state index in [9.17, 15) is 14.4 Å². The number of carbonyl (C=O) groups is 3. The number of methoxy groups -OCH3 is 1. The Balaban J connectivity index is 1.76. The van der Waals surface area contributed by atoms with Crippen molar-refractivity contribution in [1.29, 1.82) is 0 Å². The van der Waals surface area contributed by atoms with E-state index in [0.717, 1.165) is 18.6 Å². The quantitative estimate of drug-likeness (QED) is 0.295.